The highest BCUT2D eigenvalue weighted by molar-refractivity contribution is 6.36. The lowest BCUT2D eigenvalue weighted by Gasteiger charge is -2.31. The normalized spacial score (nSPS) is 13.2. The van der Waals surface area contributed by atoms with Gasteiger partial charge in [-0.15, -0.1) is 0 Å². The lowest BCUT2D eigenvalue weighted by atomic mass is 9.80. The highest BCUT2D eigenvalue weighted by Crippen LogP contribution is 2.35. The van der Waals surface area contributed by atoms with Crippen LogP contribution in [-0.2, 0) is 10.2 Å². The number of carbonyl (C=O) groups is 1. The maximum atomic E-state index is 11.1. The molecule has 0 aliphatic rings. The molecule has 2 aromatic carbocycles. The second-order valence-electron chi connectivity index (χ2n) is 6.40. The van der Waals surface area contributed by atoms with Gasteiger partial charge in [0.2, 0.25) is 0 Å². The van der Waals surface area contributed by atoms with Crippen molar-refractivity contribution in [3.63, 3.8) is 0 Å². The summed E-state index contributed by atoms with van der Waals surface area (Å²) in [5.74, 6) is 0.772. The first kappa shape index (κ1) is 20.3. The number of hydrogen-bond acceptors (Lipinski definition) is 4. The van der Waals surface area contributed by atoms with Crippen LogP contribution in [-0.4, -0.2) is 19.4 Å². The molecule has 2 rings (SSSR count). The van der Waals surface area contributed by atoms with Crippen molar-refractivity contribution in [3.8, 4) is 5.75 Å². The van der Waals surface area contributed by atoms with Gasteiger partial charge in [0.25, 0.3) is 0 Å². The first-order valence-electron chi connectivity index (χ1n) is 8.07. The van der Waals surface area contributed by atoms with Crippen LogP contribution in [0.1, 0.15) is 19.4 Å². The van der Waals surface area contributed by atoms with Gasteiger partial charge in [0.05, 0.1) is 23.9 Å². The molecule has 0 amide bonds. The van der Waals surface area contributed by atoms with Crippen molar-refractivity contribution in [3.05, 3.63) is 69.8 Å². The molecule has 0 aliphatic carbocycles. The smallest absolute Gasteiger partial charge is 0.140 e. The maximum Gasteiger partial charge on any atom is 0.140 e. The molecule has 138 valence electrons. The number of nitrogens with one attached hydrogen (secondary N) is 1. The Kier molecular flexibility index (Phi) is 6.70. The molecule has 0 bridgehead atoms. The number of aldehydes is 1. The molecule has 0 spiro atoms. The maximum absolute atomic E-state index is 11.1. The molecule has 0 heterocycles. The predicted octanol–water partition coefficient (Wildman–Crippen LogP) is 4.80. The van der Waals surface area contributed by atoms with Gasteiger partial charge in [-0.05, 0) is 42.0 Å². The van der Waals surface area contributed by atoms with Gasteiger partial charge in [0.1, 0.15) is 12.0 Å². The van der Waals surface area contributed by atoms with Gasteiger partial charge in [-0.3, -0.25) is 0 Å². The van der Waals surface area contributed by atoms with E-state index in [1.54, 1.807) is 31.4 Å². The van der Waals surface area contributed by atoms with E-state index >= 15 is 0 Å². The van der Waals surface area contributed by atoms with E-state index in [2.05, 4.69) is 5.32 Å². The Labute approximate surface area is 163 Å². The van der Waals surface area contributed by atoms with Gasteiger partial charge in [-0.25, -0.2) is 0 Å². The molecule has 4 nitrogen and oxygen atoms in total. The molecular weight excluding hydrogens is 371 g/mol. The summed E-state index contributed by atoms with van der Waals surface area (Å²) >= 11 is 12.3. The average Bonchev–Trinajstić information content (AvgIpc) is 2.62. The molecule has 3 N–H and O–H groups in total. The molecule has 6 heteroatoms. The number of rotatable bonds is 7. The largest absolute Gasteiger partial charge is 0.497 e. The number of ether oxygens (including phenoxy) is 1. The number of hydrogen-bond donors (Lipinski definition) is 2. The van der Waals surface area contributed by atoms with E-state index in [1.165, 1.54) is 0 Å². The Morgan fingerprint density at radius 2 is 1.85 bits per heavy atom. The summed E-state index contributed by atoms with van der Waals surface area (Å²) < 4.78 is 5.22. The van der Waals surface area contributed by atoms with Crippen molar-refractivity contribution in [2.45, 2.75) is 25.3 Å². The number of carbonyl (C=O) groups excluding carboxylic acids is 1. The molecule has 1 unspecified atom stereocenters. The summed E-state index contributed by atoms with van der Waals surface area (Å²) in [5.41, 5.74) is 7.86. The van der Waals surface area contributed by atoms with E-state index in [-0.39, 0.29) is 0 Å². The van der Waals surface area contributed by atoms with Crippen molar-refractivity contribution in [1.29, 1.82) is 0 Å². The minimum absolute atomic E-state index is 0.462. The van der Waals surface area contributed by atoms with Crippen LogP contribution in [0.15, 0.2) is 54.2 Å². The number of allylic oxidation sites excluding steroid dienone is 1. The zero-order chi connectivity index (χ0) is 19.3. The van der Waals surface area contributed by atoms with Gasteiger partial charge in [0, 0.05) is 16.1 Å². The van der Waals surface area contributed by atoms with Crippen molar-refractivity contribution >= 4 is 35.2 Å². The Hall–Kier alpha value is -2.01. The van der Waals surface area contributed by atoms with E-state index < -0.39 is 11.5 Å². The summed E-state index contributed by atoms with van der Waals surface area (Å²) in [6.45, 7) is 4.07. The Bertz CT molecular complexity index is 802. The van der Waals surface area contributed by atoms with Gasteiger partial charge in [0.15, 0.2) is 0 Å². The van der Waals surface area contributed by atoms with Crippen LogP contribution in [0.3, 0.4) is 0 Å². The standard InChI is InChI=1S/C20H22Cl2N2O2/c1-20(2,13-4-7-16(26-3)8-5-13)19(11-15(23)12-25)24-18-9-6-14(21)10-17(18)22/h4-12,15,24H,23H2,1-3H3/b19-11-. The fraction of sp³-hybridized carbons (Fsp3) is 0.250. The third-order valence-corrected chi connectivity index (χ3v) is 4.75. The number of methoxy groups -OCH3 is 1. The number of anilines is 1. The van der Waals surface area contributed by atoms with Gasteiger partial charge < -0.3 is 20.6 Å². The van der Waals surface area contributed by atoms with E-state index in [1.807, 2.05) is 38.1 Å². The minimum atomic E-state index is -0.735. The molecule has 1 atom stereocenters. The fourth-order valence-electron chi connectivity index (χ4n) is 2.54. The fourth-order valence-corrected chi connectivity index (χ4v) is 2.99. The predicted molar refractivity (Wildman–Crippen MR) is 108 cm³/mol. The molecule has 0 aliphatic heterocycles. The molecule has 26 heavy (non-hydrogen) atoms. The second kappa shape index (κ2) is 8.58. The molecule has 0 radical (unpaired) electrons. The summed E-state index contributed by atoms with van der Waals surface area (Å²) in [4.78, 5) is 11.1. The molecule has 0 aromatic heterocycles. The van der Waals surface area contributed by atoms with Crippen molar-refractivity contribution in [2.24, 2.45) is 5.73 Å². The van der Waals surface area contributed by atoms with Crippen LogP contribution in [0.25, 0.3) is 0 Å². The summed E-state index contributed by atoms with van der Waals surface area (Å²) in [6, 6.07) is 12.2. The van der Waals surface area contributed by atoms with Crippen molar-refractivity contribution in [2.75, 3.05) is 12.4 Å². The third kappa shape index (κ3) is 4.79. The van der Waals surface area contributed by atoms with Gasteiger partial charge in [-0.2, -0.15) is 0 Å². The molecular formula is C20H22Cl2N2O2. The van der Waals surface area contributed by atoms with E-state index in [0.717, 1.165) is 17.0 Å². The topological polar surface area (TPSA) is 64.3 Å². The van der Waals surface area contributed by atoms with Crippen molar-refractivity contribution in [1.82, 2.24) is 0 Å². The zero-order valence-electron chi connectivity index (χ0n) is 14.9. The Morgan fingerprint density at radius 1 is 1.19 bits per heavy atom. The highest BCUT2D eigenvalue weighted by atomic mass is 35.5. The summed E-state index contributed by atoms with van der Waals surface area (Å²) in [7, 11) is 1.62. The van der Waals surface area contributed by atoms with Gasteiger partial charge in [-0.1, -0.05) is 49.2 Å². The van der Waals surface area contributed by atoms with E-state index in [4.69, 9.17) is 33.7 Å². The lowest BCUT2D eigenvalue weighted by molar-refractivity contribution is -0.108. The first-order chi connectivity index (χ1) is 12.3. The average molecular weight is 393 g/mol. The second-order valence-corrected chi connectivity index (χ2v) is 7.24. The monoisotopic (exact) mass is 392 g/mol. The summed E-state index contributed by atoms with van der Waals surface area (Å²) in [6.07, 6.45) is 2.39. The third-order valence-electron chi connectivity index (χ3n) is 4.20. The van der Waals surface area contributed by atoms with Crippen LogP contribution in [0, 0.1) is 0 Å². The van der Waals surface area contributed by atoms with E-state index in [0.29, 0.717) is 22.0 Å². The van der Waals surface area contributed by atoms with Crippen LogP contribution in [0.4, 0.5) is 5.69 Å². The first-order valence-corrected chi connectivity index (χ1v) is 8.83. The Morgan fingerprint density at radius 3 is 2.38 bits per heavy atom. The van der Waals surface area contributed by atoms with Crippen LogP contribution in [0.2, 0.25) is 10.0 Å². The van der Waals surface area contributed by atoms with Gasteiger partial charge >= 0.3 is 0 Å². The number of halogens is 2. The quantitative estimate of drug-likeness (QED) is 0.664. The van der Waals surface area contributed by atoms with Crippen LogP contribution >= 0.6 is 23.2 Å². The Balaban J connectivity index is 2.45. The lowest BCUT2D eigenvalue weighted by Crippen LogP contribution is -2.29. The molecule has 0 saturated carbocycles. The number of nitrogens with two attached hydrogens (primary N) is 1. The molecule has 0 saturated heterocycles. The van der Waals surface area contributed by atoms with Crippen LogP contribution in [0.5, 0.6) is 5.75 Å². The SMILES string of the molecule is COc1ccc(C(C)(C)/C(=C/C(N)C=O)Nc2ccc(Cl)cc2Cl)cc1. The molecule has 2 aromatic rings. The summed E-state index contributed by atoms with van der Waals surface area (Å²) in [5, 5.41) is 4.33. The number of benzene rings is 2. The highest BCUT2D eigenvalue weighted by Gasteiger charge is 2.27. The van der Waals surface area contributed by atoms with Crippen LogP contribution < -0.4 is 15.8 Å². The molecule has 0 fully saturated rings. The van der Waals surface area contributed by atoms with Crippen molar-refractivity contribution < 1.29 is 9.53 Å². The zero-order valence-corrected chi connectivity index (χ0v) is 16.4. The minimum Gasteiger partial charge on any atom is -0.497 e. The van der Waals surface area contributed by atoms with E-state index in [9.17, 15) is 4.79 Å².